The SMILES string of the molecule is Cc1ccc(CCCl)c(Br)c1Br. The van der Waals surface area contributed by atoms with Gasteiger partial charge in [0.15, 0.2) is 0 Å². The van der Waals surface area contributed by atoms with Crippen LogP contribution in [0.15, 0.2) is 21.1 Å². The van der Waals surface area contributed by atoms with Crippen LogP contribution < -0.4 is 0 Å². The molecule has 1 aromatic carbocycles. The molecule has 0 nitrogen and oxygen atoms in total. The zero-order chi connectivity index (χ0) is 9.14. The molecule has 66 valence electrons. The smallest absolute Gasteiger partial charge is 0.0352 e. The van der Waals surface area contributed by atoms with Gasteiger partial charge in [0.1, 0.15) is 0 Å². The van der Waals surface area contributed by atoms with E-state index in [1.165, 1.54) is 11.1 Å². The third-order valence-electron chi connectivity index (χ3n) is 1.72. The lowest BCUT2D eigenvalue weighted by Gasteiger charge is -2.06. The molecule has 0 radical (unpaired) electrons. The number of alkyl halides is 1. The Morgan fingerprint density at radius 1 is 1.25 bits per heavy atom. The van der Waals surface area contributed by atoms with Gasteiger partial charge in [-0.1, -0.05) is 12.1 Å². The van der Waals surface area contributed by atoms with Crippen molar-refractivity contribution in [3.63, 3.8) is 0 Å². The van der Waals surface area contributed by atoms with Gasteiger partial charge in [0.25, 0.3) is 0 Å². The zero-order valence-electron chi connectivity index (χ0n) is 6.70. The summed E-state index contributed by atoms with van der Waals surface area (Å²) < 4.78 is 2.26. The summed E-state index contributed by atoms with van der Waals surface area (Å²) in [5.74, 6) is 0.661. The van der Waals surface area contributed by atoms with Gasteiger partial charge in [0, 0.05) is 14.8 Å². The predicted octanol–water partition coefficient (Wildman–Crippen LogP) is 4.30. The van der Waals surface area contributed by atoms with E-state index in [-0.39, 0.29) is 0 Å². The largest absolute Gasteiger partial charge is 0.126 e. The molecule has 3 heteroatoms. The van der Waals surface area contributed by atoms with Crippen LogP contribution in [0.2, 0.25) is 0 Å². The average Bonchev–Trinajstić information content (AvgIpc) is 2.07. The molecule has 12 heavy (non-hydrogen) atoms. The van der Waals surface area contributed by atoms with Crippen molar-refractivity contribution in [2.24, 2.45) is 0 Å². The van der Waals surface area contributed by atoms with Crippen molar-refractivity contribution in [3.05, 3.63) is 32.2 Å². The number of hydrogen-bond donors (Lipinski definition) is 0. The van der Waals surface area contributed by atoms with Crippen LogP contribution in [0.1, 0.15) is 11.1 Å². The van der Waals surface area contributed by atoms with Crippen molar-refractivity contribution in [2.75, 3.05) is 5.88 Å². The van der Waals surface area contributed by atoms with Crippen LogP contribution >= 0.6 is 43.5 Å². The average molecular weight is 312 g/mol. The molecule has 0 saturated carbocycles. The van der Waals surface area contributed by atoms with E-state index in [2.05, 4.69) is 50.9 Å². The van der Waals surface area contributed by atoms with Gasteiger partial charge < -0.3 is 0 Å². The summed E-state index contributed by atoms with van der Waals surface area (Å²) in [6.45, 7) is 2.07. The highest BCUT2D eigenvalue weighted by atomic mass is 79.9. The summed E-state index contributed by atoms with van der Waals surface area (Å²) >= 11 is 12.7. The quantitative estimate of drug-likeness (QED) is 0.714. The maximum Gasteiger partial charge on any atom is 0.0352 e. The molecule has 0 aliphatic carbocycles. The number of halogens is 3. The van der Waals surface area contributed by atoms with E-state index in [4.69, 9.17) is 11.6 Å². The number of aryl methyl sites for hydroxylation is 2. The predicted molar refractivity (Wildman–Crippen MR) is 61.0 cm³/mol. The van der Waals surface area contributed by atoms with Crippen LogP contribution in [0, 0.1) is 6.92 Å². The number of rotatable bonds is 2. The molecule has 0 atom stereocenters. The Hall–Kier alpha value is 0.470. The van der Waals surface area contributed by atoms with E-state index in [9.17, 15) is 0 Å². The first-order valence-electron chi connectivity index (χ1n) is 3.66. The molecule has 0 fully saturated rings. The van der Waals surface area contributed by atoms with Crippen molar-refractivity contribution in [1.82, 2.24) is 0 Å². The standard InChI is InChI=1S/C9H9Br2Cl/c1-6-2-3-7(4-5-12)9(11)8(6)10/h2-3H,4-5H2,1H3. The highest BCUT2D eigenvalue weighted by Crippen LogP contribution is 2.30. The molecule has 0 aliphatic heterocycles. The van der Waals surface area contributed by atoms with Crippen molar-refractivity contribution in [1.29, 1.82) is 0 Å². The van der Waals surface area contributed by atoms with Crippen LogP contribution in [-0.4, -0.2) is 5.88 Å². The second-order valence-electron chi connectivity index (χ2n) is 2.61. The van der Waals surface area contributed by atoms with Gasteiger partial charge in [0.2, 0.25) is 0 Å². The first-order valence-corrected chi connectivity index (χ1v) is 5.78. The van der Waals surface area contributed by atoms with Crippen molar-refractivity contribution >= 4 is 43.5 Å². The van der Waals surface area contributed by atoms with Gasteiger partial charge in [-0.15, -0.1) is 11.6 Å². The molecular formula is C9H9Br2Cl. The minimum Gasteiger partial charge on any atom is -0.126 e. The van der Waals surface area contributed by atoms with Gasteiger partial charge >= 0.3 is 0 Å². The Morgan fingerprint density at radius 2 is 1.92 bits per heavy atom. The normalized spacial score (nSPS) is 10.3. The lowest BCUT2D eigenvalue weighted by atomic mass is 10.1. The van der Waals surface area contributed by atoms with E-state index in [0.717, 1.165) is 15.4 Å². The monoisotopic (exact) mass is 310 g/mol. The Labute approximate surface area is 94.6 Å². The second kappa shape index (κ2) is 4.64. The van der Waals surface area contributed by atoms with Crippen LogP contribution in [0.4, 0.5) is 0 Å². The van der Waals surface area contributed by atoms with E-state index in [1.807, 2.05) is 0 Å². The first-order chi connectivity index (χ1) is 5.66. The Bertz CT molecular complexity index is 284. The van der Waals surface area contributed by atoms with Gasteiger partial charge in [0.05, 0.1) is 0 Å². The molecule has 0 saturated heterocycles. The number of hydrogen-bond acceptors (Lipinski definition) is 0. The molecule has 1 rings (SSSR count). The lowest BCUT2D eigenvalue weighted by Crippen LogP contribution is -1.90. The molecule has 0 unspecified atom stereocenters. The van der Waals surface area contributed by atoms with Gasteiger partial charge in [-0.3, -0.25) is 0 Å². The minimum absolute atomic E-state index is 0.661. The van der Waals surface area contributed by atoms with Gasteiger partial charge in [-0.05, 0) is 56.3 Å². The fourth-order valence-electron chi connectivity index (χ4n) is 0.981. The summed E-state index contributed by atoms with van der Waals surface area (Å²) in [6.07, 6.45) is 0.904. The van der Waals surface area contributed by atoms with E-state index in [0.29, 0.717) is 5.88 Å². The summed E-state index contributed by atoms with van der Waals surface area (Å²) in [7, 11) is 0. The number of benzene rings is 1. The fraction of sp³-hybridized carbons (Fsp3) is 0.333. The van der Waals surface area contributed by atoms with Crippen molar-refractivity contribution in [3.8, 4) is 0 Å². The van der Waals surface area contributed by atoms with Crippen molar-refractivity contribution < 1.29 is 0 Å². The topological polar surface area (TPSA) is 0 Å². The Balaban J connectivity index is 3.08. The fourth-order valence-corrected chi connectivity index (χ4v) is 2.21. The van der Waals surface area contributed by atoms with Crippen LogP contribution in [-0.2, 0) is 6.42 Å². The molecule has 0 N–H and O–H groups in total. The summed E-state index contributed by atoms with van der Waals surface area (Å²) in [5, 5.41) is 0. The summed E-state index contributed by atoms with van der Waals surface area (Å²) in [4.78, 5) is 0. The Morgan fingerprint density at radius 3 is 2.50 bits per heavy atom. The molecule has 1 aromatic rings. The highest BCUT2D eigenvalue weighted by molar-refractivity contribution is 9.13. The summed E-state index contributed by atoms with van der Waals surface area (Å²) in [5.41, 5.74) is 2.49. The third kappa shape index (κ3) is 2.24. The maximum absolute atomic E-state index is 5.66. The molecule has 0 spiro atoms. The molecule has 0 amide bonds. The third-order valence-corrected chi connectivity index (χ3v) is 4.37. The second-order valence-corrected chi connectivity index (χ2v) is 4.57. The lowest BCUT2D eigenvalue weighted by molar-refractivity contribution is 1.12. The first kappa shape index (κ1) is 10.6. The van der Waals surface area contributed by atoms with E-state index >= 15 is 0 Å². The van der Waals surface area contributed by atoms with Crippen molar-refractivity contribution in [2.45, 2.75) is 13.3 Å². The van der Waals surface area contributed by atoms with Gasteiger partial charge in [-0.25, -0.2) is 0 Å². The Kier molecular flexibility index (Phi) is 4.08. The van der Waals surface area contributed by atoms with Crippen LogP contribution in [0.3, 0.4) is 0 Å². The zero-order valence-corrected chi connectivity index (χ0v) is 10.6. The summed E-state index contributed by atoms with van der Waals surface area (Å²) in [6, 6.07) is 4.20. The molecule has 0 aliphatic rings. The highest BCUT2D eigenvalue weighted by Gasteiger charge is 2.05. The molecule has 0 bridgehead atoms. The molecule has 0 aromatic heterocycles. The maximum atomic E-state index is 5.66. The molecule has 0 heterocycles. The minimum atomic E-state index is 0.661. The van der Waals surface area contributed by atoms with Gasteiger partial charge in [-0.2, -0.15) is 0 Å². The molecular weight excluding hydrogens is 303 g/mol. The van der Waals surface area contributed by atoms with Crippen LogP contribution in [0.5, 0.6) is 0 Å². The van der Waals surface area contributed by atoms with Crippen LogP contribution in [0.25, 0.3) is 0 Å². The van der Waals surface area contributed by atoms with E-state index in [1.54, 1.807) is 0 Å². The van der Waals surface area contributed by atoms with E-state index < -0.39 is 0 Å².